The number of ketones is 2. The van der Waals surface area contributed by atoms with Gasteiger partial charge in [0.1, 0.15) is 85.9 Å². The number of hydrogen-bond acceptors (Lipinski definition) is 28. The summed E-state index contributed by atoms with van der Waals surface area (Å²) >= 11 is 0. The molecule has 0 radical (unpaired) electrons. The molecule has 0 saturated carbocycles. The maximum Gasteiger partial charge on any atom is 0.475 e. The number of benzene rings is 8. The molecule has 12 aromatic rings. The molecule has 3 unspecified atom stereocenters. The number of methoxy groups -OCH3 is 2. The number of phosphoric acid groups is 1. The molecule has 8 aromatic carbocycles. The zero-order chi connectivity index (χ0) is 95.0. The molecular weight excluding hydrogens is 1770 g/mol. The van der Waals surface area contributed by atoms with Crippen molar-refractivity contribution in [1.82, 2.24) is 48.8 Å². The maximum atomic E-state index is 15.9. The van der Waals surface area contributed by atoms with Gasteiger partial charge in [0, 0.05) is 83.1 Å². The molecule has 2 fully saturated rings. The Labute approximate surface area is 781 Å². The number of amides is 4. The fraction of sp³-hybridized carbons (Fsp3) is 0.330. The van der Waals surface area contributed by atoms with Crippen LogP contribution in [0.1, 0.15) is 150 Å². The number of nitrogens with one attached hydrogen (secondary N) is 3. The van der Waals surface area contributed by atoms with E-state index >= 15 is 4.57 Å². The van der Waals surface area contributed by atoms with E-state index in [1.165, 1.54) is 40.3 Å². The van der Waals surface area contributed by atoms with Crippen molar-refractivity contribution in [3.8, 4) is 39.8 Å². The number of fused-ring (bicyclic) bond motifs is 8. The first-order chi connectivity index (χ1) is 66.0. The van der Waals surface area contributed by atoms with Crippen molar-refractivity contribution in [2.75, 3.05) is 91.7 Å². The first-order valence-electron chi connectivity index (χ1n) is 44.6. The minimum atomic E-state index is -5.03. The van der Waals surface area contributed by atoms with E-state index in [4.69, 9.17) is 56.2 Å². The smallest absolute Gasteiger partial charge is 0.475 e. The van der Waals surface area contributed by atoms with Crippen molar-refractivity contribution >= 4 is 89.4 Å². The van der Waals surface area contributed by atoms with Gasteiger partial charge in [-0.1, -0.05) is 164 Å². The van der Waals surface area contributed by atoms with Crippen LogP contribution >= 0.6 is 7.82 Å². The van der Waals surface area contributed by atoms with Gasteiger partial charge in [-0.3, -0.25) is 61.8 Å². The van der Waals surface area contributed by atoms with Crippen LogP contribution < -0.4 is 25.7 Å². The summed E-state index contributed by atoms with van der Waals surface area (Å²) in [4.78, 5) is 148. The van der Waals surface area contributed by atoms with E-state index in [1.54, 1.807) is 81.4 Å². The quantitative estimate of drug-likeness (QED) is 0.0105. The fourth-order valence-electron chi connectivity index (χ4n) is 17.4. The standard InChI is InChI=1S/C100H100N13O22P/c1-62(114)32-47-89(118)134-81-52-86(113-61-105-91-94(113)108-97(109-96(91)120)106-85(116)30-17-49-110(2)98(121)127-55-79-75-26-13-9-22-71(75)72-23-10-14-27-76(72)79)133-84(81)58-131-136(123,130-51-19-48-101)135-82-53-87(132-83(82)57-129-100(65-20-7-6-8-21-65,66-38-43-69(124-4)44-39-66)67-40-45-70(125-5)46-41-67)112-60-104-90-92(102-59-103-93(90)112)107-95(119)64-36-33-63(34-37-64)35-42-68(115)54-126-88(117)31-18-50-111(3)99(122)128-56-80-77-28-15-11-24-73(77)74-25-12-16-29-78(74)80/h6-16,20-29,33-34,36-41,43-46,59-61,79-84,86-87H,17-19,30-32,35,42,47,49-58H2,1-5H3,(H,102,103,107,119)(H2,106,108,109,116,120)/t81?,82?,83-,84-,86-,87-,136?/m1/s1. The zero-order valence-corrected chi connectivity index (χ0v) is 76.1. The Hall–Kier alpha value is -14.5. The molecule has 2 aliphatic carbocycles. The molecule has 35 nitrogen and oxygen atoms in total. The van der Waals surface area contributed by atoms with Crippen molar-refractivity contribution < 1.29 is 99.1 Å². The van der Waals surface area contributed by atoms with Gasteiger partial charge < -0.3 is 62.5 Å². The lowest BCUT2D eigenvalue weighted by Crippen LogP contribution is -2.38. The molecule has 6 heterocycles. The number of hydrogen-bond donors (Lipinski definition) is 3. The van der Waals surface area contributed by atoms with Gasteiger partial charge in [-0.05, 0) is 129 Å². The minimum Gasteiger partial charge on any atom is -0.497 e. The SMILES string of the molecule is COc1ccc(C(OC[C@H]2O[C@@H](n3cnc4c(NC(=O)c5ccc(CCC(=O)COC(=O)CCCN(C)C(=O)OCC6c7ccccc7-c7ccccc76)cc5)ncnc43)CC2OP(=O)(OCCC#N)OC[C@H]2O[C@@H](n3cnc4c(=O)[nH]c(NC(=O)CCCN(C)C(=O)OCC5c6ccccc6-c6ccccc65)nc43)CC2OC(=O)CCC(C)=O)(c2ccccc2)c2ccc(OC)cc2)cc1. The first-order valence-corrected chi connectivity index (χ1v) is 46.1. The Morgan fingerprint density at radius 1 is 0.559 bits per heavy atom. The molecule has 2 saturated heterocycles. The van der Waals surface area contributed by atoms with E-state index in [0.717, 1.165) is 50.1 Å². The zero-order valence-electron chi connectivity index (χ0n) is 75.2. The first kappa shape index (κ1) is 94.7. The summed E-state index contributed by atoms with van der Waals surface area (Å²) in [5.41, 5.74) is 9.53. The van der Waals surface area contributed by atoms with Crippen LogP contribution in [0.25, 0.3) is 44.6 Å². The number of carbonyl (C=O) groups excluding carboxylic acids is 8. The number of carbonyl (C=O) groups is 8. The van der Waals surface area contributed by atoms with Gasteiger partial charge in [-0.2, -0.15) is 10.2 Å². The van der Waals surface area contributed by atoms with Gasteiger partial charge in [-0.15, -0.1) is 0 Å². The molecule has 4 aromatic heterocycles. The number of esters is 2. The third-order valence-electron chi connectivity index (χ3n) is 24.4. The lowest BCUT2D eigenvalue weighted by molar-refractivity contribution is -0.153. The van der Waals surface area contributed by atoms with Crippen LogP contribution in [0.3, 0.4) is 0 Å². The van der Waals surface area contributed by atoms with Crippen LogP contribution in [-0.4, -0.2) is 202 Å². The lowest BCUT2D eigenvalue weighted by atomic mass is 9.80. The molecule has 2 aliphatic heterocycles. The van der Waals surface area contributed by atoms with Crippen LogP contribution in [0.5, 0.6) is 11.5 Å². The summed E-state index contributed by atoms with van der Waals surface area (Å²) in [6.07, 6.45) is -4.96. The highest BCUT2D eigenvalue weighted by molar-refractivity contribution is 7.48. The number of H-pyrrole nitrogens is 1. The van der Waals surface area contributed by atoms with Gasteiger partial charge in [-0.25, -0.2) is 34.1 Å². The number of nitrogens with zero attached hydrogens (tertiary/aromatic N) is 10. The predicted molar refractivity (Wildman–Crippen MR) is 494 cm³/mol. The van der Waals surface area contributed by atoms with Gasteiger partial charge in [0.15, 0.2) is 33.9 Å². The van der Waals surface area contributed by atoms with Crippen LogP contribution in [0.4, 0.5) is 21.4 Å². The second kappa shape index (κ2) is 43.2. The van der Waals surface area contributed by atoms with Gasteiger partial charge in [0.05, 0.1) is 65.6 Å². The van der Waals surface area contributed by atoms with E-state index in [9.17, 15) is 48.4 Å². The summed E-state index contributed by atoms with van der Waals surface area (Å²) < 4.78 is 93.2. The Bertz CT molecular complexity index is 6390. The number of aryl methyl sites for hydroxylation is 1. The lowest BCUT2D eigenvalue weighted by Gasteiger charge is -2.37. The highest BCUT2D eigenvalue weighted by atomic mass is 31.2. The molecule has 136 heavy (non-hydrogen) atoms. The molecule has 4 aliphatic rings. The molecule has 7 atom stereocenters. The minimum absolute atomic E-state index is 0.0174. The fourth-order valence-corrected chi connectivity index (χ4v) is 18.8. The monoisotopic (exact) mass is 1870 g/mol. The Morgan fingerprint density at radius 2 is 1.09 bits per heavy atom. The predicted octanol–water partition coefficient (Wildman–Crippen LogP) is 14.8. The molecule has 4 amide bonds. The number of nitriles is 1. The van der Waals surface area contributed by atoms with E-state index in [2.05, 4.69) is 52.7 Å². The molecule has 0 spiro atoms. The number of Topliss-reactive ketones (excluding diaryl/α,β-unsaturated/α-hetero) is 2. The van der Waals surface area contributed by atoms with Crippen LogP contribution in [0.15, 0.2) is 224 Å². The second-order valence-corrected chi connectivity index (χ2v) is 34.9. The largest absolute Gasteiger partial charge is 0.497 e. The molecule has 702 valence electrons. The third kappa shape index (κ3) is 21.8. The molecule has 36 heteroatoms. The average Bonchev–Trinajstić information content (AvgIpc) is 0.810. The van der Waals surface area contributed by atoms with Crippen LogP contribution in [0, 0.1) is 11.3 Å². The van der Waals surface area contributed by atoms with Crippen molar-refractivity contribution in [2.45, 2.75) is 132 Å². The Kier molecular flexibility index (Phi) is 30.1. The molecule has 3 N–H and O–H groups in total. The van der Waals surface area contributed by atoms with Crippen LogP contribution in [0.2, 0.25) is 0 Å². The highest BCUT2D eigenvalue weighted by Gasteiger charge is 2.49. The summed E-state index contributed by atoms with van der Waals surface area (Å²) in [5.74, 6) is -2.47. The van der Waals surface area contributed by atoms with Gasteiger partial charge in [0.2, 0.25) is 11.9 Å². The van der Waals surface area contributed by atoms with E-state index in [1.807, 2.05) is 146 Å². The number of rotatable bonds is 42. The van der Waals surface area contributed by atoms with Crippen LogP contribution in [-0.2, 0) is 87.3 Å². The van der Waals surface area contributed by atoms with E-state index in [0.29, 0.717) is 28.2 Å². The number of phosphoric ester groups is 1. The summed E-state index contributed by atoms with van der Waals surface area (Å²) in [6, 6.07) is 64.7. The Morgan fingerprint density at radius 3 is 1.65 bits per heavy atom. The Balaban J connectivity index is 0.590. The topological polar surface area (TPSA) is 426 Å². The number of imidazole rings is 2. The maximum absolute atomic E-state index is 15.9. The molecular formula is C100H100N13O22P. The van der Waals surface area contributed by atoms with Crippen molar-refractivity contribution in [3.05, 3.63) is 280 Å². The molecule has 0 bridgehead atoms. The third-order valence-corrected chi connectivity index (χ3v) is 25.9. The number of aromatic nitrogens is 8. The van der Waals surface area contributed by atoms with Crippen molar-refractivity contribution in [2.24, 2.45) is 0 Å². The van der Waals surface area contributed by atoms with Crippen molar-refractivity contribution in [1.29, 1.82) is 5.26 Å². The highest BCUT2D eigenvalue weighted by Crippen LogP contribution is 2.55. The average molecular weight is 1870 g/mol. The number of anilines is 2. The summed E-state index contributed by atoms with van der Waals surface area (Å²) in [7, 11) is 1.24. The normalized spacial score (nSPS) is 16.9. The van der Waals surface area contributed by atoms with Crippen molar-refractivity contribution in [3.63, 3.8) is 0 Å². The van der Waals surface area contributed by atoms with E-state index < -0.39 is 112 Å². The number of aromatic amines is 1. The second-order valence-electron chi connectivity index (χ2n) is 33.2. The van der Waals surface area contributed by atoms with Gasteiger partial charge in [0.25, 0.3) is 11.5 Å². The summed E-state index contributed by atoms with van der Waals surface area (Å²) in [6.45, 7) is -0.00955. The van der Waals surface area contributed by atoms with E-state index in [-0.39, 0.29) is 167 Å². The number of ether oxygens (including phenoxy) is 9. The summed E-state index contributed by atoms with van der Waals surface area (Å²) in [5, 5.41) is 15.4. The van der Waals surface area contributed by atoms with Gasteiger partial charge >= 0.3 is 31.9 Å². The molecule has 16 rings (SSSR count).